The second-order valence-electron chi connectivity index (χ2n) is 5.78. The lowest BCUT2D eigenvalue weighted by atomic mass is 9.95. The first-order valence-corrected chi connectivity index (χ1v) is 9.97. The Morgan fingerprint density at radius 1 is 1.30 bits per heavy atom. The molecule has 0 spiro atoms. The van der Waals surface area contributed by atoms with Crippen LogP contribution < -0.4 is 0 Å². The van der Waals surface area contributed by atoms with Crippen molar-refractivity contribution in [2.75, 3.05) is 12.8 Å². The summed E-state index contributed by atoms with van der Waals surface area (Å²) in [5.74, 6) is -0.702. The Labute approximate surface area is 145 Å². The molecule has 2 aromatic rings. The van der Waals surface area contributed by atoms with Crippen molar-refractivity contribution in [3.05, 3.63) is 52.2 Å². The number of likely N-dealkylation sites (tertiary alicyclic amines) is 1. The van der Waals surface area contributed by atoms with E-state index in [1.54, 1.807) is 23.1 Å². The van der Waals surface area contributed by atoms with E-state index < -0.39 is 12.0 Å². The van der Waals surface area contributed by atoms with Gasteiger partial charge in [-0.05, 0) is 54.8 Å². The number of hydrogen-bond donors (Lipinski definition) is 1. The van der Waals surface area contributed by atoms with Crippen molar-refractivity contribution in [2.45, 2.75) is 36.2 Å². The van der Waals surface area contributed by atoms with Gasteiger partial charge in [0.1, 0.15) is 6.04 Å². The molecule has 3 rings (SSSR count). The molecule has 122 valence electrons. The zero-order valence-electron chi connectivity index (χ0n) is 13.1. The highest BCUT2D eigenvalue weighted by molar-refractivity contribution is 7.98. The average Bonchev–Trinajstić information content (AvgIpc) is 3.10. The van der Waals surface area contributed by atoms with Crippen molar-refractivity contribution < 1.29 is 9.90 Å². The normalized spacial score (nSPS) is 20.3. The topological polar surface area (TPSA) is 40.5 Å². The number of carboxylic acid groups (broad SMARTS) is 1. The van der Waals surface area contributed by atoms with Gasteiger partial charge in [0.15, 0.2) is 0 Å². The number of benzene rings is 1. The van der Waals surface area contributed by atoms with Gasteiger partial charge in [-0.1, -0.05) is 24.6 Å². The van der Waals surface area contributed by atoms with Crippen LogP contribution >= 0.6 is 23.1 Å². The van der Waals surface area contributed by atoms with Crippen molar-refractivity contribution in [3.63, 3.8) is 0 Å². The number of hydrogen-bond acceptors (Lipinski definition) is 4. The molecule has 0 aliphatic carbocycles. The monoisotopic (exact) mass is 347 g/mol. The van der Waals surface area contributed by atoms with Crippen LogP contribution in [0, 0.1) is 0 Å². The SMILES string of the molecule is CSc1ccc(C(c2cccs2)N2CCCCC2C(=O)O)cc1. The molecule has 5 heteroatoms. The number of carbonyl (C=O) groups is 1. The van der Waals surface area contributed by atoms with Crippen molar-refractivity contribution in [3.8, 4) is 0 Å². The number of carboxylic acids is 1. The summed E-state index contributed by atoms with van der Waals surface area (Å²) in [5, 5.41) is 11.7. The second kappa shape index (κ2) is 7.51. The number of nitrogens with zero attached hydrogens (tertiary/aromatic N) is 1. The predicted octanol–water partition coefficient (Wildman–Crippen LogP) is 4.50. The van der Waals surface area contributed by atoms with E-state index in [9.17, 15) is 9.90 Å². The van der Waals surface area contributed by atoms with Gasteiger partial charge in [0.2, 0.25) is 0 Å². The molecule has 0 saturated carbocycles. The number of piperidine rings is 1. The van der Waals surface area contributed by atoms with Crippen LogP contribution in [0.1, 0.15) is 35.7 Å². The lowest BCUT2D eigenvalue weighted by Crippen LogP contribution is -2.46. The van der Waals surface area contributed by atoms with E-state index in [-0.39, 0.29) is 6.04 Å². The van der Waals surface area contributed by atoms with Crippen LogP contribution in [0.15, 0.2) is 46.7 Å². The number of rotatable bonds is 5. The molecule has 1 aromatic heterocycles. The molecule has 1 saturated heterocycles. The van der Waals surface area contributed by atoms with E-state index in [1.807, 2.05) is 6.07 Å². The van der Waals surface area contributed by atoms with Gasteiger partial charge in [-0.3, -0.25) is 9.69 Å². The van der Waals surface area contributed by atoms with Crippen molar-refractivity contribution in [1.29, 1.82) is 0 Å². The van der Waals surface area contributed by atoms with Gasteiger partial charge in [0, 0.05) is 9.77 Å². The van der Waals surface area contributed by atoms with Crippen LogP contribution in [0.4, 0.5) is 0 Å². The maximum atomic E-state index is 11.7. The summed E-state index contributed by atoms with van der Waals surface area (Å²) >= 11 is 3.43. The smallest absolute Gasteiger partial charge is 0.320 e. The zero-order valence-corrected chi connectivity index (χ0v) is 14.8. The summed E-state index contributed by atoms with van der Waals surface area (Å²) < 4.78 is 0. The largest absolute Gasteiger partial charge is 0.480 e. The third-order valence-electron chi connectivity index (χ3n) is 4.41. The zero-order chi connectivity index (χ0) is 16.2. The quantitative estimate of drug-likeness (QED) is 0.809. The molecule has 2 atom stereocenters. The first kappa shape index (κ1) is 16.6. The van der Waals surface area contributed by atoms with Crippen LogP contribution in [0.3, 0.4) is 0 Å². The van der Waals surface area contributed by atoms with Gasteiger partial charge >= 0.3 is 5.97 Å². The Morgan fingerprint density at radius 2 is 2.09 bits per heavy atom. The first-order valence-electron chi connectivity index (χ1n) is 7.86. The highest BCUT2D eigenvalue weighted by Crippen LogP contribution is 2.36. The fourth-order valence-electron chi connectivity index (χ4n) is 3.28. The van der Waals surface area contributed by atoms with Crippen molar-refractivity contribution >= 4 is 29.1 Å². The molecule has 3 nitrogen and oxygen atoms in total. The molecule has 1 aromatic carbocycles. The van der Waals surface area contributed by atoms with Crippen molar-refractivity contribution in [1.82, 2.24) is 4.90 Å². The Morgan fingerprint density at radius 3 is 2.70 bits per heavy atom. The van der Waals surface area contributed by atoms with Crippen LogP contribution in [-0.4, -0.2) is 34.8 Å². The minimum Gasteiger partial charge on any atom is -0.480 e. The Bertz CT molecular complexity index is 640. The van der Waals surface area contributed by atoms with E-state index in [0.29, 0.717) is 0 Å². The van der Waals surface area contributed by atoms with Crippen molar-refractivity contribution in [2.24, 2.45) is 0 Å². The highest BCUT2D eigenvalue weighted by atomic mass is 32.2. The van der Waals surface area contributed by atoms with E-state index in [4.69, 9.17) is 0 Å². The van der Waals surface area contributed by atoms with Crippen LogP contribution in [0.25, 0.3) is 0 Å². The third kappa shape index (κ3) is 3.62. The summed E-state index contributed by atoms with van der Waals surface area (Å²) in [7, 11) is 0. The number of thioether (sulfide) groups is 1. The summed E-state index contributed by atoms with van der Waals surface area (Å²) in [6, 6.07) is 12.3. The summed E-state index contributed by atoms with van der Waals surface area (Å²) in [5.41, 5.74) is 1.18. The molecule has 0 radical (unpaired) electrons. The maximum Gasteiger partial charge on any atom is 0.320 e. The maximum absolute atomic E-state index is 11.7. The Kier molecular flexibility index (Phi) is 5.41. The lowest BCUT2D eigenvalue weighted by Gasteiger charge is -2.39. The van der Waals surface area contributed by atoms with E-state index >= 15 is 0 Å². The Hall–Kier alpha value is -1.30. The van der Waals surface area contributed by atoms with E-state index in [0.717, 1.165) is 25.8 Å². The highest BCUT2D eigenvalue weighted by Gasteiger charge is 2.35. The molecule has 1 aliphatic heterocycles. The molecule has 1 aliphatic rings. The van der Waals surface area contributed by atoms with Gasteiger partial charge in [0.25, 0.3) is 0 Å². The Balaban J connectivity index is 1.99. The minimum absolute atomic E-state index is 0.0345. The molecule has 1 N–H and O–H groups in total. The van der Waals surface area contributed by atoms with Gasteiger partial charge in [-0.2, -0.15) is 0 Å². The first-order chi connectivity index (χ1) is 11.2. The summed E-state index contributed by atoms with van der Waals surface area (Å²) in [4.78, 5) is 16.3. The minimum atomic E-state index is -0.702. The molecule has 2 heterocycles. The molecular weight excluding hydrogens is 326 g/mol. The molecule has 1 fully saturated rings. The van der Waals surface area contributed by atoms with E-state index in [2.05, 4.69) is 46.9 Å². The number of thiophene rings is 1. The molecule has 0 amide bonds. The van der Waals surface area contributed by atoms with Gasteiger partial charge < -0.3 is 5.11 Å². The summed E-state index contributed by atoms with van der Waals surface area (Å²) in [6.07, 6.45) is 4.86. The van der Waals surface area contributed by atoms with Gasteiger partial charge in [-0.15, -0.1) is 23.1 Å². The van der Waals surface area contributed by atoms with Crippen LogP contribution in [0.2, 0.25) is 0 Å². The lowest BCUT2D eigenvalue weighted by molar-refractivity contribution is -0.145. The predicted molar refractivity (Wildman–Crippen MR) is 96.4 cm³/mol. The standard InChI is InChI=1S/C18H21NO2S2/c1-22-14-9-7-13(8-10-14)17(16-6-4-12-23-16)19-11-3-2-5-15(19)18(20)21/h4,6-10,12,15,17H,2-3,5,11H2,1H3,(H,20,21). The van der Waals surface area contributed by atoms with Gasteiger partial charge in [0.05, 0.1) is 6.04 Å². The summed E-state index contributed by atoms with van der Waals surface area (Å²) in [6.45, 7) is 0.837. The van der Waals surface area contributed by atoms with Crippen LogP contribution in [0.5, 0.6) is 0 Å². The number of aliphatic carboxylic acids is 1. The molecular formula is C18H21NO2S2. The third-order valence-corrected chi connectivity index (χ3v) is 6.07. The molecule has 2 unspecified atom stereocenters. The van der Waals surface area contributed by atoms with E-state index in [1.165, 1.54) is 15.3 Å². The molecule has 0 bridgehead atoms. The van der Waals surface area contributed by atoms with Gasteiger partial charge in [-0.25, -0.2) is 0 Å². The fraction of sp³-hybridized carbons (Fsp3) is 0.389. The molecule has 23 heavy (non-hydrogen) atoms. The second-order valence-corrected chi connectivity index (χ2v) is 7.64. The average molecular weight is 348 g/mol. The fourth-order valence-corrected chi connectivity index (χ4v) is 4.56. The van der Waals surface area contributed by atoms with Crippen LogP contribution in [-0.2, 0) is 4.79 Å².